The largest absolute Gasteiger partial charge is 0.421 e. The summed E-state index contributed by atoms with van der Waals surface area (Å²) in [5, 5.41) is 17.7. The van der Waals surface area contributed by atoms with Gasteiger partial charge in [0.25, 0.3) is 0 Å². The first-order valence-corrected chi connectivity index (χ1v) is 21.2. The molecule has 0 aliphatic rings. The van der Waals surface area contributed by atoms with Gasteiger partial charge in [0, 0.05) is 114 Å². The molecule has 0 radical (unpaired) electrons. The number of benzene rings is 2. The zero-order valence-electron chi connectivity index (χ0n) is 34.4. The smallest absolute Gasteiger partial charge is 0.393 e. The third-order valence-corrected chi connectivity index (χ3v) is 11.0. The van der Waals surface area contributed by atoms with Crippen molar-refractivity contribution in [3.63, 3.8) is 0 Å². The van der Waals surface area contributed by atoms with Crippen molar-refractivity contribution in [1.29, 1.82) is 0 Å². The van der Waals surface area contributed by atoms with Crippen LogP contribution in [0.25, 0.3) is 0 Å². The third-order valence-electron chi connectivity index (χ3n) is 8.61. The normalized spacial score (nSPS) is 11.5. The van der Waals surface area contributed by atoms with E-state index in [4.69, 9.17) is 0 Å². The second kappa shape index (κ2) is 25.6. The Kier molecular flexibility index (Phi) is 21.0. The molecule has 2 aromatic carbocycles. The van der Waals surface area contributed by atoms with E-state index in [0.29, 0.717) is 32.8 Å². The predicted octanol–water partition coefficient (Wildman–Crippen LogP) is 2.81. The number of hydrogen-bond donors (Lipinski definition) is 5. The van der Waals surface area contributed by atoms with Crippen LogP contribution in [0, 0.1) is 0 Å². The van der Waals surface area contributed by atoms with Crippen LogP contribution in [-0.2, 0) is 23.7 Å². The second-order valence-electron chi connectivity index (χ2n) is 13.6. The van der Waals surface area contributed by atoms with E-state index in [0.717, 1.165) is 66.4 Å². The number of nitrogens with zero attached hydrogens (tertiary/aromatic N) is 9. The number of amides is 2. The van der Waals surface area contributed by atoms with E-state index in [9.17, 15) is 9.59 Å². The molecule has 0 saturated carbocycles. The van der Waals surface area contributed by atoms with Gasteiger partial charge in [-0.2, -0.15) is 0 Å². The number of azo groups is 1. The fourth-order valence-corrected chi connectivity index (χ4v) is 6.97. The fraction of sp³-hybridized carbons (Fsp3) is 0.500. The number of anilines is 3. The Labute approximate surface area is 341 Å². The molecule has 1 heterocycles. The van der Waals surface area contributed by atoms with Gasteiger partial charge in [-0.05, 0) is 62.6 Å². The number of nitrogens with one attached hydrogen (secondary N) is 5. The van der Waals surface area contributed by atoms with Crippen molar-refractivity contribution in [2.24, 2.45) is 24.3 Å². The van der Waals surface area contributed by atoms with Gasteiger partial charge in [-0.25, -0.2) is 14.6 Å². The number of aromatic nitrogens is 2. The van der Waals surface area contributed by atoms with E-state index in [1.54, 1.807) is 21.6 Å². The standard InChI is InChI=1S/C38H62N14O2S2/c1-39-17-20-48(4)31-42-43-32-9-13-34(14-10-32)49(5)23-21-46(2)29-36(53)40-18-27-55-56-28-19-41-37(54)30-47(3)22-24-50(6)35-15-11-33(12-16-35)44-45-38-51(7)25-26-52(38)8/h9-17,20,25-26,39,44H,18-19,21-24,27-31H2,1-8H3,(H2,40,41,53,54)/p+1/b20-17-. The number of aryl methyl sites for hydroxylation is 2. The first-order valence-electron chi connectivity index (χ1n) is 18.7. The molecule has 308 valence electrons. The first-order chi connectivity index (χ1) is 26.9. The van der Waals surface area contributed by atoms with Crippen LogP contribution in [0.3, 0.4) is 0 Å². The molecule has 2 amide bonds. The highest BCUT2D eigenvalue weighted by atomic mass is 33.1. The lowest BCUT2D eigenvalue weighted by Gasteiger charge is -2.24. The summed E-state index contributed by atoms with van der Waals surface area (Å²) in [7, 11) is 19.2. The first kappa shape index (κ1) is 45.9. The molecule has 0 fully saturated rings. The second-order valence-corrected chi connectivity index (χ2v) is 16.3. The number of hydrazine groups is 1. The van der Waals surface area contributed by atoms with Crippen molar-refractivity contribution >= 4 is 62.1 Å². The average molecular weight is 812 g/mol. The molecule has 1 aromatic heterocycles. The maximum absolute atomic E-state index is 12.5. The lowest BCUT2D eigenvalue weighted by atomic mass is 10.2. The monoisotopic (exact) mass is 811 g/mol. The molecule has 0 spiro atoms. The molecule has 0 aliphatic carbocycles. The van der Waals surface area contributed by atoms with Crippen LogP contribution >= 0.6 is 21.6 Å². The lowest BCUT2D eigenvalue weighted by molar-refractivity contribution is -0.657. The quantitative estimate of drug-likeness (QED) is 0.0193. The van der Waals surface area contributed by atoms with Crippen LogP contribution in [0.15, 0.2) is 83.6 Å². The zero-order chi connectivity index (χ0) is 40.7. The third kappa shape index (κ3) is 18.0. The maximum atomic E-state index is 12.5. The van der Waals surface area contributed by atoms with Gasteiger partial charge in [0.05, 0.1) is 46.2 Å². The summed E-state index contributed by atoms with van der Waals surface area (Å²) in [4.78, 5) is 35.3. The molecular formula is C38H63N14O2S2+. The van der Waals surface area contributed by atoms with E-state index in [1.165, 1.54) is 0 Å². The number of carbonyl (C=O) groups excluding carboxylic acids is 2. The van der Waals surface area contributed by atoms with Gasteiger partial charge >= 0.3 is 5.95 Å². The Morgan fingerprint density at radius 1 is 0.786 bits per heavy atom. The summed E-state index contributed by atoms with van der Waals surface area (Å²) in [6, 6.07) is 16.2. The number of likely N-dealkylation sites (N-methyl/N-ethyl adjacent to an activating group) is 4. The van der Waals surface area contributed by atoms with Crippen LogP contribution in [0.1, 0.15) is 0 Å². The number of rotatable bonds is 27. The van der Waals surface area contributed by atoms with Gasteiger partial charge in [-0.1, -0.05) is 26.7 Å². The Balaban J connectivity index is 1.17. The molecule has 3 rings (SSSR count). The Morgan fingerprint density at radius 3 is 1.82 bits per heavy atom. The topological polar surface area (TPSA) is 144 Å². The van der Waals surface area contributed by atoms with E-state index < -0.39 is 0 Å². The number of hydrogen-bond acceptors (Lipinski definition) is 14. The van der Waals surface area contributed by atoms with Crippen LogP contribution in [0.4, 0.5) is 28.7 Å². The van der Waals surface area contributed by atoms with Crippen molar-refractivity contribution in [3.8, 4) is 0 Å². The predicted molar refractivity (Wildman–Crippen MR) is 234 cm³/mol. The molecule has 5 N–H and O–H groups in total. The maximum Gasteiger partial charge on any atom is 0.421 e. The van der Waals surface area contributed by atoms with Gasteiger partial charge in [0.2, 0.25) is 11.8 Å². The molecule has 0 saturated heterocycles. The van der Waals surface area contributed by atoms with Gasteiger partial charge in [0.1, 0.15) is 5.69 Å². The highest BCUT2D eigenvalue weighted by Gasteiger charge is 2.12. The van der Waals surface area contributed by atoms with Crippen LogP contribution < -0.4 is 41.2 Å². The van der Waals surface area contributed by atoms with E-state index >= 15 is 0 Å². The minimum Gasteiger partial charge on any atom is -0.393 e. The molecule has 0 aliphatic heterocycles. The molecule has 0 unspecified atom stereocenters. The summed E-state index contributed by atoms with van der Waals surface area (Å²) in [6.45, 7) is 5.65. The molecule has 0 bridgehead atoms. The van der Waals surface area contributed by atoms with Crippen molar-refractivity contribution in [1.82, 2.24) is 40.6 Å². The van der Waals surface area contributed by atoms with E-state index in [1.807, 2.05) is 134 Å². The average Bonchev–Trinajstić information content (AvgIpc) is 3.51. The van der Waals surface area contributed by atoms with Crippen molar-refractivity contribution < 1.29 is 14.2 Å². The molecule has 18 heteroatoms. The van der Waals surface area contributed by atoms with Crippen LogP contribution in [0.5, 0.6) is 0 Å². The molecule has 3 aromatic rings. The molecule has 0 atom stereocenters. The van der Waals surface area contributed by atoms with Crippen LogP contribution in [0.2, 0.25) is 0 Å². The van der Waals surface area contributed by atoms with Gasteiger partial charge in [0.15, 0.2) is 0 Å². The Bertz CT molecular complexity index is 1620. The molecule has 56 heavy (non-hydrogen) atoms. The zero-order valence-corrected chi connectivity index (χ0v) is 36.0. The summed E-state index contributed by atoms with van der Waals surface area (Å²) >= 11 is 0. The number of imidazole rings is 1. The van der Waals surface area contributed by atoms with Crippen molar-refractivity contribution in [3.05, 3.63) is 73.3 Å². The van der Waals surface area contributed by atoms with Crippen LogP contribution in [-0.4, -0.2) is 144 Å². The molecule has 16 nitrogen and oxygen atoms in total. The summed E-state index contributed by atoms with van der Waals surface area (Å²) < 4.78 is 3.84. The van der Waals surface area contributed by atoms with Gasteiger partial charge in [-0.15, -0.1) is 0 Å². The van der Waals surface area contributed by atoms with E-state index in [2.05, 4.69) is 66.0 Å². The highest BCUT2D eigenvalue weighted by Crippen LogP contribution is 2.21. The SMILES string of the molecule is CN/C=C\N(C)CNNc1ccc(N(C)CCN(C)CC(=O)NCCSSCCNC(=O)CN(C)CCN(C)c2ccc(/N=N/c3n(C)cc[n+]3C)cc2)cc1. The van der Waals surface area contributed by atoms with E-state index in [-0.39, 0.29) is 11.8 Å². The van der Waals surface area contributed by atoms with Crippen molar-refractivity contribution in [2.45, 2.75) is 0 Å². The Morgan fingerprint density at radius 2 is 1.32 bits per heavy atom. The highest BCUT2D eigenvalue weighted by molar-refractivity contribution is 8.76. The fourth-order valence-electron chi connectivity index (χ4n) is 5.16. The summed E-state index contributed by atoms with van der Waals surface area (Å²) in [6.07, 6.45) is 7.70. The lowest BCUT2D eigenvalue weighted by Crippen LogP contribution is -2.39. The van der Waals surface area contributed by atoms with Crippen molar-refractivity contribution in [2.75, 3.05) is 128 Å². The van der Waals surface area contributed by atoms with Gasteiger partial charge in [-0.3, -0.25) is 19.4 Å². The summed E-state index contributed by atoms with van der Waals surface area (Å²) in [5.74, 6) is 2.41. The molecular weight excluding hydrogens is 749 g/mol. The minimum atomic E-state index is 0.0150. The number of carbonyl (C=O) groups is 2. The summed E-state index contributed by atoms with van der Waals surface area (Å²) in [5.41, 5.74) is 10.4. The Hall–Kier alpha value is -4.49. The minimum absolute atomic E-state index is 0.0150. The van der Waals surface area contributed by atoms with Gasteiger partial charge < -0.3 is 36.1 Å².